The second-order valence-corrected chi connectivity index (χ2v) is 8.03. The van der Waals surface area contributed by atoms with Gasteiger partial charge in [-0.15, -0.1) is 0 Å². The number of benzene rings is 1. The summed E-state index contributed by atoms with van der Waals surface area (Å²) in [6.07, 6.45) is 20.8. The van der Waals surface area contributed by atoms with Crippen molar-refractivity contribution in [2.24, 2.45) is 0 Å². The number of hydrogen-bond acceptors (Lipinski definition) is 3. The Labute approximate surface area is 176 Å². The van der Waals surface area contributed by atoms with E-state index in [1.807, 2.05) is 12.2 Å². The molecular formula is C26H25N3O. The third kappa shape index (κ3) is 3.14. The Morgan fingerprint density at radius 3 is 2.80 bits per heavy atom. The van der Waals surface area contributed by atoms with Gasteiger partial charge in [-0.05, 0) is 25.5 Å². The summed E-state index contributed by atoms with van der Waals surface area (Å²) < 4.78 is 0. The van der Waals surface area contributed by atoms with Gasteiger partial charge in [0.15, 0.2) is 0 Å². The summed E-state index contributed by atoms with van der Waals surface area (Å²) in [6.45, 7) is 0. The van der Waals surface area contributed by atoms with Crippen molar-refractivity contribution in [2.45, 2.75) is 30.8 Å². The van der Waals surface area contributed by atoms with Crippen LogP contribution in [0.3, 0.4) is 0 Å². The monoisotopic (exact) mass is 395 g/mol. The molecule has 3 unspecified atom stereocenters. The van der Waals surface area contributed by atoms with E-state index in [0.717, 1.165) is 29.7 Å². The zero-order valence-electron chi connectivity index (χ0n) is 17.0. The zero-order chi connectivity index (χ0) is 20.5. The van der Waals surface area contributed by atoms with Crippen molar-refractivity contribution in [1.82, 2.24) is 15.1 Å². The molecule has 3 aliphatic rings. The molecule has 0 radical (unpaired) electrons. The SMILES string of the molecule is CN1C2C=CC/C=C\c3c2c(n[nH]c3=O)C(C2=CC=CC=CC2)C1c1ccccc1. The van der Waals surface area contributed by atoms with Gasteiger partial charge in [0, 0.05) is 23.1 Å². The Morgan fingerprint density at radius 2 is 1.93 bits per heavy atom. The van der Waals surface area contributed by atoms with Gasteiger partial charge in [0.1, 0.15) is 0 Å². The van der Waals surface area contributed by atoms with Crippen LogP contribution in [0.5, 0.6) is 0 Å². The first-order valence-electron chi connectivity index (χ1n) is 10.5. The van der Waals surface area contributed by atoms with Gasteiger partial charge in [-0.25, -0.2) is 5.10 Å². The summed E-state index contributed by atoms with van der Waals surface area (Å²) in [5.41, 5.74) is 5.19. The number of hydrogen-bond donors (Lipinski definition) is 1. The van der Waals surface area contributed by atoms with Crippen molar-refractivity contribution in [3.63, 3.8) is 0 Å². The van der Waals surface area contributed by atoms with Gasteiger partial charge in [-0.3, -0.25) is 9.69 Å². The first kappa shape index (κ1) is 18.8. The van der Waals surface area contributed by atoms with Crippen molar-refractivity contribution in [3.8, 4) is 0 Å². The van der Waals surface area contributed by atoms with Crippen LogP contribution in [-0.4, -0.2) is 22.1 Å². The molecule has 1 aromatic carbocycles. The molecule has 0 fully saturated rings. The van der Waals surface area contributed by atoms with Crippen molar-refractivity contribution in [3.05, 3.63) is 117 Å². The van der Waals surface area contributed by atoms with E-state index in [0.29, 0.717) is 0 Å². The lowest BCUT2D eigenvalue weighted by Crippen LogP contribution is -2.41. The van der Waals surface area contributed by atoms with E-state index in [4.69, 9.17) is 0 Å². The second-order valence-electron chi connectivity index (χ2n) is 8.03. The lowest BCUT2D eigenvalue weighted by molar-refractivity contribution is 0.162. The number of allylic oxidation sites excluding steroid dienone is 7. The first-order chi connectivity index (χ1) is 14.8. The second kappa shape index (κ2) is 7.88. The molecule has 150 valence electrons. The number of likely N-dealkylation sites (N-methyl/N-ethyl adjacent to an activating group) is 1. The van der Waals surface area contributed by atoms with Gasteiger partial charge in [0.2, 0.25) is 0 Å². The molecule has 1 aliphatic heterocycles. The smallest absolute Gasteiger partial charge is 0.271 e. The molecule has 0 amide bonds. The molecule has 2 heterocycles. The Hall–Kier alpha value is -3.24. The third-order valence-corrected chi connectivity index (χ3v) is 6.31. The van der Waals surface area contributed by atoms with Gasteiger partial charge in [0.25, 0.3) is 5.56 Å². The summed E-state index contributed by atoms with van der Waals surface area (Å²) >= 11 is 0. The fourth-order valence-corrected chi connectivity index (χ4v) is 4.95. The molecule has 1 N–H and O–H groups in total. The number of aromatic amines is 1. The molecule has 3 atom stereocenters. The maximum absolute atomic E-state index is 12.7. The predicted molar refractivity (Wildman–Crippen MR) is 121 cm³/mol. The largest absolute Gasteiger partial charge is 0.288 e. The van der Waals surface area contributed by atoms with E-state index in [1.165, 1.54) is 11.1 Å². The fourth-order valence-electron chi connectivity index (χ4n) is 4.95. The summed E-state index contributed by atoms with van der Waals surface area (Å²) in [5.74, 6) is 0.0490. The average molecular weight is 396 g/mol. The number of H-pyrrole nitrogens is 1. The van der Waals surface area contributed by atoms with Gasteiger partial charge in [-0.2, -0.15) is 5.10 Å². The summed E-state index contributed by atoms with van der Waals surface area (Å²) in [6, 6.07) is 10.8. The molecule has 4 nitrogen and oxygen atoms in total. The highest BCUT2D eigenvalue weighted by Gasteiger charge is 2.43. The van der Waals surface area contributed by atoms with E-state index in [1.54, 1.807) is 0 Å². The minimum absolute atomic E-state index is 0.00803. The number of aromatic nitrogens is 2. The highest BCUT2D eigenvalue weighted by Crippen LogP contribution is 2.51. The standard InChI is InChI=1S/C26H25N3O/c1-29-21-17-11-5-10-16-20-23(21)24(27-28-26(20)30)22(18-12-6-2-3-7-13-18)25(29)19-14-8-4-9-15-19/h2-4,6-12,14-17,21-22,25H,5,13H2,1H3,(H,28,30)/b16-10-,17-11?. The Balaban J connectivity index is 1.80. The molecule has 5 rings (SSSR count). The highest BCUT2D eigenvalue weighted by molar-refractivity contribution is 5.59. The van der Waals surface area contributed by atoms with Crippen LogP contribution in [0, 0.1) is 0 Å². The third-order valence-electron chi connectivity index (χ3n) is 6.31. The minimum atomic E-state index is -0.120. The number of nitrogens with zero attached hydrogens (tertiary/aromatic N) is 2. The predicted octanol–water partition coefficient (Wildman–Crippen LogP) is 5.00. The summed E-state index contributed by atoms with van der Waals surface area (Å²) in [5, 5.41) is 7.45. The van der Waals surface area contributed by atoms with Gasteiger partial charge < -0.3 is 0 Å². The summed E-state index contributed by atoms with van der Waals surface area (Å²) in [4.78, 5) is 15.1. The lowest BCUT2D eigenvalue weighted by Gasteiger charge is -2.45. The van der Waals surface area contributed by atoms with E-state index in [9.17, 15) is 4.79 Å². The van der Waals surface area contributed by atoms with E-state index >= 15 is 0 Å². The number of rotatable bonds is 2. The van der Waals surface area contributed by atoms with Crippen LogP contribution in [0.1, 0.15) is 53.2 Å². The van der Waals surface area contributed by atoms with Gasteiger partial charge >= 0.3 is 0 Å². The van der Waals surface area contributed by atoms with Crippen LogP contribution < -0.4 is 5.56 Å². The maximum Gasteiger partial charge on any atom is 0.271 e. The van der Waals surface area contributed by atoms with Crippen LogP contribution in [0.2, 0.25) is 0 Å². The van der Waals surface area contributed by atoms with Crippen molar-refractivity contribution < 1.29 is 0 Å². The molecule has 0 saturated heterocycles. The van der Waals surface area contributed by atoms with Crippen LogP contribution in [0.25, 0.3) is 6.08 Å². The quantitative estimate of drug-likeness (QED) is 0.728. The van der Waals surface area contributed by atoms with E-state index in [2.05, 4.69) is 95.0 Å². The van der Waals surface area contributed by atoms with Crippen molar-refractivity contribution in [2.75, 3.05) is 7.05 Å². The number of nitrogens with one attached hydrogen (secondary N) is 1. The van der Waals surface area contributed by atoms with Gasteiger partial charge in [0.05, 0.1) is 11.7 Å². The average Bonchev–Trinajstić information content (AvgIpc) is 3.03. The molecule has 2 aliphatic carbocycles. The fraction of sp³-hybridized carbons (Fsp3) is 0.231. The normalized spacial score (nSPS) is 26.3. The lowest BCUT2D eigenvalue weighted by atomic mass is 9.74. The molecule has 30 heavy (non-hydrogen) atoms. The molecule has 1 aromatic heterocycles. The van der Waals surface area contributed by atoms with Crippen LogP contribution in [0.4, 0.5) is 0 Å². The maximum atomic E-state index is 12.7. The van der Waals surface area contributed by atoms with E-state index in [-0.39, 0.29) is 23.6 Å². The Bertz CT molecular complexity index is 1150. The van der Waals surface area contributed by atoms with Crippen LogP contribution in [0.15, 0.2) is 89.3 Å². The van der Waals surface area contributed by atoms with Crippen LogP contribution in [-0.2, 0) is 0 Å². The summed E-state index contributed by atoms with van der Waals surface area (Å²) in [7, 11) is 2.17. The Kier molecular flexibility index (Phi) is 4.93. The first-order valence-corrected chi connectivity index (χ1v) is 10.5. The highest BCUT2D eigenvalue weighted by atomic mass is 16.1. The molecule has 2 aromatic rings. The molecule has 4 heteroatoms. The van der Waals surface area contributed by atoms with Crippen LogP contribution >= 0.6 is 0 Å². The molecule has 0 saturated carbocycles. The minimum Gasteiger partial charge on any atom is -0.288 e. The van der Waals surface area contributed by atoms with Gasteiger partial charge in [-0.1, -0.05) is 90.6 Å². The van der Waals surface area contributed by atoms with E-state index < -0.39 is 0 Å². The zero-order valence-corrected chi connectivity index (χ0v) is 17.0. The van der Waals surface area contributed by atoms with Crippen molar-refractivity contribution >= 4 is 6.08 Å². The molecule has 0 bridgehead atoms. The van der Waals surface area contributed by atoms with Crippen molar-refractivity contribution in [1.29, 1.82) is 0 Å². The Morgan fingerprint density at radius 1 is 1.07 bits per heavy atom. The topological polar surface area (TPSA) is 49.0 Å². The molecule has 0 spiro atoms. The molecular weight excluding hydrogens is 370 g/mol.